The molecule has 1 unspecified atom stereocenters. The number of ether oxygens (including phenoxy) is 2. The Bertz CT molecular complexity index is 1260. The number of carbonyl (C=O) groups is 1. The molecule has 2 saturated heterocycles. The van der Waals surface area contributed by atoms with Crippen molar-refractivity contribution >= 4 is 15.9 Å². The maximum Gasteiger partial charge on any atom is 0.246 e. The first-order valence-corrected chi connectivity index (χ1v) is 16.0. The summed E-state index contributed by atoms with van der Waals surface area (Å²) in [6, 6.07) is 14.5. The number of aryl methyl sites for hydroxylation is 2. The summed E-state index contributed by atoms with van der Waals surface area (Å²) in [5.41, 5.74) is 2.78. The number of sulfonamides is 1. The summed E-state index contributed by atoms with van der Waals surface area (Å²) in [7, 11) is -2.10. The number of methoxy groups -OCH3 is 1. The minimum Gasteiger partial charge on any atom is -0.497 e. The molecule has 2 aromatic rings. The van der Waals surface area contributed by atoms with Crippen LogP contribution in [0.1, 0.15) is 61.6 Å². The molecular weight excluding hydrogens is 526 g/mol. The van der Waals surface area contributed by atoms with E-state index >= 15 is 0 Å². The smallest absolute Gasteiger partial charge is 0.246 e. The van der Waals surface area contributed by atoms with Crippen molar-refractivity contribution in [2.45, 2.75) is 81.4 Å². The van der Waals surface area contributed by atoms with E-state index in [1.807, 2.05) is 0 Å². The highest BCUT2D eigenvalue weighted by Gasteiger charge is 2.43. The monoisotopic (exact) mass is 569 g/mol. The van der Waals surface area contributed by atoms with E-state index in [4.69, 9.17) is 9.47 Å². The van der Waals surface area contributed by atoms with Crippen LogP contribution in [0.4, 0.5) is 0 Å². The summed E-state index contributed by atoms with van der Waals surface area (Å²) < 4.78 is 39.5. The molecule has 5 rings (SSSR count). The predicted molar refractivity (Wildman–Crippen MR) is 155 cm³/mol. The molecule has 1 aliphatic carbocycles. The summed E-state index contributed by atoms with van der Waals surface area (Å²) >= 11 is 0. The molecule has 8 nitrogen and oxygen atoms in total. The molecule has 3 fully saturated rings. The second-order valence-electron chi connectivity index (χ2n) is 11.6. The molecule has 0 radical (unpaired) electrons. The highest BCUT2D eigenvalue weighted by molar-refractivity contribution is 7.89. The van der Waals surface area contributed by atoms with E-state index in [1.165, 1.54) is 22.7 Å². The van der Waals surface area contributed by atoms with Crippen molar-refractivity contribution in [3.8, 4) is 5.75 Å². The number of nitrogens with zero attached hydrogens (tertiary/aromatic N) is 2. The lowest BCUT2D eigenvalue weighted by atomic mass is 9.73. The number of amides is 1. The molecule has 1 saturated carbocycles. The third-order valence-electron chi connectivity index (χ3n) is 9.03. The average Bonchev–Trinajstić information content (AvgIpc) is 3.66. The van der Waals surface area contributed by atoms with Crippen LogP contribution >= 0.6 is 0 Å². The van der Waals surface area contributed by atoms with E-state index in [0.717, 1.165) is 38.8 Å². The molecule has 2 heterocycles. The zero-order valence-corrected chi connectivity index (χ0v) is 24.8. The lowest BCUT2D eigenvalue weighted by molar-refractivity contribution is -0.128. The van der Waals surface area contributed by atoms with Gasteiger partial charge in [-0.1, -0.05) is 30.3 Å². The molecule has 0 bridgehead atoms. The van der Waals surface area contributed by atoms with Gasteiger partial charge >= 0.3 is 0 Å². The SMILES string of the molecule is COc1cc(C)c(S(=O)(=O)N2CCC(OCC(=O)NC3CCC(c4ccccc4)(N4CCCC4)CC3)C2)c(C)c1. The van der Waals surface area contributed by atoms with E-state index in [1.54, 1.807) is 33.1 Å². The predicted octanol–water partition coefficient (Wildman–Crippen LogP) is 4.14. The lowest BCUT2D eigenvalue weighted by Crippen LogP contribution is -2.50. The van der Waals surface area contributed by atoms with Gasteiger partial charge in [-0.25, -0.2) is 8.42 Å². The number of rotatable bonds is 9. The quantitative estimate of drug-likeness (QED) is 0.489. The van der Waals surface area contributed by atoms with Gasteiger partial charge in [-0.2, -0.15) is 4.31 Å². The van der Waals surface area contributed by atoms with E-state index in [2.05, 4.69) is 40.5 Å². The van der Waals surface area contributed by atoms with Crippen molar-refractivity contribution in [2.75, 3.05) is 39.9 Å². The Morgan fingerprint density at radius 1 is 1.00 bits per heavy atom. The van der Waals surface area contributed by atoms with Crippen LogP contribution in [0.25, 0.3) is 0 Å². The molecule has 40 heavy (non-hydrogen) atoms. The molecular formula is C31H43N3O5S. The second kappa shape index (κ2) is 12.2. The fraction of sp³-hybridized carbons (Fsp3) is 0.581. The zero-order valence-electron chi connectivity index (χ0n) is 24.0. The molecule has 0 aromatic heterocycles. The van der Waals surface area contributed by atoms with Crippen molar-refractivity contribution in [3.05, 3.63) is 59.2 Å². The summed E-state index contributed by atoms with van der Waals surface area (Å²) in [6.45, 7) is 6.44. The minimum absolute atomic E-state index is 0.0500. The minimum atomic E-state index is -3.67. The normalized spacial score (nSPS) is 26.2. The van der Waals surface area contributed by atoms with Crippen molar-refractivity contribution in [1.82, 2.24) is 14.5 Å². The van der Waals surface area contributed by atoms with E-state index < -0.39 is 10.0 Å². The maximum atomic E-state index is 13.4. The zero-order chi connectivity index (χ0) is 28.3. The van der Waals surface area contributed by atoms with Gasteiger partial charge in [-0.05, 0) is 101 Å². The summed E-state index contributed by atoms with van der Waals surface area (Å²) in [5.74, 6) is 0.517. The number of nitrogens with one attached hydrogen (secondary N) is 1. The fourth-order valence-electron chi connectivity index (χ4n) is 7.00. The number of carbonyl (C=O) groups excluding carboxylic acids is 1. The first-order chi connectivity index (χ1) is 19.2. The molecule has 1 N–H and O–H groups in total. The van der Waals surface area contributed by atoms with E-state index in [9.17, 15) is 13.2 Å². The van der Waals surface area contributed by atoms with Crippen LogP contribution in [0.15, 0.2) is 47.4 Å². The molecule has 9 heteroatoms. The van der Waals surface area contributed by atoms with Gasteiger partial charge in [-0.3, -0.25) is 9.69 Å². The van der Waals surface area contributed by atoms with E-state index in [0.29, 0.717) is 34.7 Å². The number of likely N-dealkylation sites (tertiary alicyclic amines) is 1. The average molecular weight is 570 g/mol. The lowest BCUT2D eigenvalue weighted by Gasteiger charge is -2.47. The Kier molecular flexibility index (Phi) is 8.85. The summed E-state index contributed by atoms with van der Waals surface area (Å²) in [6.07, 6.45) is 6.72. The molecule has 0 spiro atoms. The number of hydrogen-bond acceptors (Lipinski definition) is 6. The molecule has 3 aliphatic rings. The van der Waals surface area contributed by atoms with Gasteiger partial charge in [0.25, 0.3) is 0 Å². The van der Waals surface area contributed by atoms with Gasteiger partial charge in [0.05, 0.1) is 18.1 Å². The first kappa shape index (κ1) is 29.0. The Morgan fingerprint density at radius 2 is 1.65 bits per heavy atom. The van der Waals surface area contributed by atoms with Gasteiger partial charge in [0, 0.05) is 24.7 Å². The van der Waals surface area contributed by atoms with Crippen molar-refractivity contribution in [3.63, 3.8) is 0 Å². The van der Waals surface area contributed by atoms with Crippen LogP contribution in [-0.2, 0) is 25.1 Å². The third kappa shape index (κ3) is 5.93. The van der Waals surface area contributed by atoms with Crippen molar-refractivity contribution < 1.29 is 22.7 Å². The molecule has 218 valence electrons. The highest BCUT2D eigenvalue weighted by atomic mass is 32.2. The molecule has 1 amide bonds. The third-order valence-corrected chi connectivity index (χ3v) is 11.2. The van der Waals surface area contributed by atoms with Gasteiger partial charge in [0.15, 0.2) is 0 Å². The Balaban J connectivity index is 1.12. The highest BCUT2D eigenvalue weighted by Crippen LogP contribution is 2.44. The van der Waals surface area contributed by atoms with Gasteiger partial charge in [0.2, 0.25) is 15.9 Å². The standard InChI is InChI=1S/C31H43N3O5S/c1-23-19-28(38-3)20-24(2)30(23)40(36,37)34-18-13-27(21-34)39-22-29(35)32-26-11-14-31(15-12-26,33-16-7-8-17-33)25-9-5-4-6-10-25/h4-6,9-10,19-20,26-27H,7-8,11-18,21-22H2,1-3H3,(H,32,35). The number of hydrogen-bond donors (Lipinski definition) is 1. The van der Waals surface area contributed by atoms with Crippen LogP contribution in [-0.4, -0.2) is 75.6 Å². The Labute approximate surface area is 239 Å². The first-order valence-electron chi connectivity index (χ1n) is 14.6. The Morgan fingerprint density at radius 3 is 2.27 bits per heavy atom. The van der Waals surface area contributed by atoms with Gasteiger partial charge in [0.1, 0.15) is 12.4 Å². The van der Waals surface area contributed by atoms with Gasteiger partial charge < -0.3 is 14.8 Å². The topological polar surface area (TPSA) is 88.2 Å². The van der Waals surface area contributed by atoms with Crippen LogP contribution < -0.4 is 10.1 Å². The largest absolute Gasteiger partial charge is 0.497 e. The summed E-state index contributed by atoms with van der Waals surface area (Å²) in [5, 5.41) is 3.19. The van der Waals surface area contributed by atoms with Gasteiger partial charge in [-0.15, -0.1) is 0 Å². The van der Waals surface area contributed by atoms with Crippen LogP contribution in [0.5, 0.6) is 5.75 Å². The summed E-state index contributed by atoms with van der Waals surface area (Å²) in [4.78, 5) is 15.8. The Hall–Kier alpha value is -2.46. The molecule has 2 aliphatic heterocycles. The molecule has 2 aromatic carbocycles. The molecule has 1 atom stereocenters. The van der Waals surface area contributed by atoms with Crippen LogP contribution in [0.2, 0.25) is 0 Å². The fourth-order valence-corrected chi connectivity index (χ4v) is 8.90. The van der Waals surface area contributed by atoms with Crippen LogP contribution in [0.3, 0.4) is 0 Å². The maximum absolute atomic E-state index is 13.4. The van der Waals surface area contributed by atoms with Crippen molar-refractivity contribution in [2.24, 2.45) is 0 Å². The second-order valence-corrected chi connectivity index (χ2v) is 13.5. The van der Waals surface area contributed by atoms with Crippen LogP contribution in [0, 0.1) is 13.8 Å². The van der Waals surface area contributed by atoms with E-state index in [-0.39, 0.29) is 36.7 Å². The number of benzene rings is 2. The van der Waals surface area contributed by atoms with Crippen molar-refractivity contribution in [1.29, 1.82) is 0 Å².